The lowest BCUT2D eigenvalue weighted by molar-refractivity contribution is -0.130. The summed E-state index contributed by atoms with van der Waals surface area (Å²) in [6.45, 7) is 3.86. The third-order valence-corrected chi connectivity index (χ3v) is 2.44. The second-order valence-corrected chi connectivity index (χ2v) is 4.17. The summed E-state index contributed by atoms with van der Waals surface area (Å²) in [6.07, 6.45) is -0.197. The molecule has 1 unspecified atom stereocenters. The molecule has 0 heterocycles. The van der Waals surface area contributed by atoms with Gasteiger partial charge in [0.05, 0.1) is 0 Å². The lowest BCUT2D eigenvalue weighted by Gasteiger charge is -2.17. The summed E-state index contributed by atoms with van der Waals surface area (Å²) in [4.78, 5) is 11.8. The zero-order valence-corrected chi connectivity index (χ0v) is 9.87. The van der Waals surface area contributed by atoms with Gasteiger partial charge in [-0.25, -0.2) is 4.39 Å². The molecule has 1 atom stereocenters. The lowest BCUT2D eigenvalue weighted by Crippen LogP contribution is -2.29. The Kier molecular flexibility index (Phi) is 4.62. The van der Waals surface area contributed by atoms with Crippen molar-refractivity contribution in [2.24, 2.45) is 5.92 Å². The van der Waals surface area contributed by atoms with Gasteiger partial charge in [0.25, 0.3) is 0 Å². The van der Waals surface area contributed by atoms with Gasteiger partial charge in [0.2, 0.25) is 0 Å². The van der Waals surface area contributed by atoms with Gasteiger partial charge in [-0.2, -0.15) is 0 Å². The molecular weight excluding hydrogens is 207 g/mol. The quantitative estimate of drug-likeness (QED) is 0.768. The maximum absolute atomic E-state index is 12.9. The Morgan fingerprint density at radius 3 is 2.62 bits per heavy atom. The van der Waals surface area contributed by atoms with Crippen LogP contribution in [-0.2, 0) is 16.0 Å². The first kappa shape index (κ1) is 12.8. The fourth-order valence-corrected chi connectivity index (χ4v) is 1.72. The molecule has 2 nitrogen and oxygen atoms in total. The van der Waals surface area contributed by atoms with Gasteiger partial charge in [0, 0.05) is 13.5 Å². The van der Waals surface area contributed by atoms with Crippen LogP contribution in [0, 0.1) is 11.7 Å². The number of ketones is 1. The number of carbonyl (C=O) groups is 1. The van der Waals surface area contributed by atoms with Gasteiger partial charge in [-0.3, -0.25) is 4.79 Å². The minimum absolute atomic E-state index is 0.0110. The van der Waals surface area contributed by atoms with Gasteiger partial charge in [-0.1, -0.05) is 26.0 Å². The predicted octanol–water partition coefficient (Wildman–Crippen LogP) is 2.61. The normalized spacial score (nSPS) is 12.8. The molecule has 3 heteroatoms. The molecule has 16 heavy (non-hydrogen) atoms. The summed E-state index contributed by atoms with van der Waals surface area (Å²) >= 11 is 0. The highest BCUT2D eigenvalue weighted by atomic mass is 19.1. The van der Waals surface area contributed by atoms with Gasteiger partial charge in [-0.15, -0.1) is 0 Å². The number of ether oxygens (including phenoxy) is 1. The van der Waals surface area contributed by atoms with Crippen LogP contribution in [0.25, 0.3) is 0 Å². The summed E-state index contributed by atoms with van der Waals surface area (Å²) in [6, 6.07) is 6.10. The van der Waals surface area contributed by atoms with E-state index in [0.29, 0.717) is 5.56 Å². The smallest absolute Gasteiger partial charge is 0.166 e. The molecule has 1 aromatic rings. The topological polar surface area (TPSA) is 26.3 Å². The molecule has 1 aromatic carbocycles. The van der Waals surface area contributed by atoms with Crippen molar-refractivity contribution >= 4 is 5.78 Å². The van der Waals surface area contributed by atoms with E-state index in [1.807, 2.05) is 13.8 Å². The lowest BCUT2D eigenvalue weighted by atomic mass is 9.98. The predicted molar refractivity (Wildman–Crippen MR) is 60.7 cm³/mol. The third-order valence-electron chi connectivity index (χ3n) is 2.44. The molecule has 0 aliphatic heterocycles. The van der Waals surface area contributed by atoms with Crippen molar-refractivity contribution < 1.29 is 13.9 Å². The summed E-state index contributed by atoms with van der Waals surface area (Å²) in [7, 11) is 1.52. The summed E-state index contributed by atoms with van der Waals surface area (Å²) in [5, 5.41) is 0. The zero-order chi connectivity index (χ0) is 12.1. The Morgan fingerprint density at radius 2 is 2.12 bits per heavy atom. The SMILES string of the molecule is COC(C(=O)Cc1cccc(F)c1)C(C)C. The average Bonchev–Trinajstić information content (AvgIpc) is 2.17. The molecule has 0 amide bonds. The van der Waals surface area contributed by atoms with Crippen LogP contribution in [0.2, 0.25) is 0 Å². The number of methoxy groups -OCH3 is 1. The van der Waals surface area contributed by atoms with E-state index in [1.54, 1.807) is 12.1 Å². The molecule has 0 saturated carbocycles. The van der Waals surface area contributed by atoms with Crippen LogP contribution in [-0.4, -0.2) is 19.0 Å². The van der Waals surface area contributed by atoms with Gasteiger partial charge in [0.1, 0.15) is 11.9 Å². The fourth-order valence-electron chi connectivity index (χ4n) is 1.72. The molecule has 0 aromatic heterocycles. The average molecular weight is 224 g/mol. The number of halogens is 1. The van der Waals surface area contributed by atoms with E-state index in [-0.39, 0.29) is 23.9 Å². The maximum atomic E-state index is 12.9. The highest BCUT2D eigenvalue weighted by Crippen LogP contribution is 2.11. The van der Waals surface area contributed by atoms with Crippen molar-refractivity contribution in [2.45, 2.75) is 26.4 Å². The minimum Gasteiger partial charge on any atom is -0.373 e. The van der Waals surface area contributed by atoms with E-state index in [1.165, 1.54) is 19.2 Å². The van der Waals surface area contributed by atoms with Gasteiger partial charge < -0.3 is 4.74 Å². The first-order valence-electron chi connectivity index (χ1n) is 5.34. The molecular formula is C13H17FO2. The molecule has 1 rings (SSSR count). The Morgan fingerprint density at radius 1 is 1.44 bits per heavy atom. The van der Waals surface area contributed by atoms with Crippen LogP contribution in [0.15, 0.2) is 24.3 Å². The molecule has 0 aliphatic carbocycles. The van der Waals surface area contributed by atoms with Crippen molar-refractivity contribution in [3.63, 3.8) is 0 Å². The molecule has 0 N–H and O–H groups in total. The summed E-state index contributed by atoms with van der Waals surface area (Å²) in [5.74, 6) is -0.196. The highest BCUT2D eigenvalue weighted by molar-refractivity contribution is 5.85. The summed E-state index contributed by atoms with van der Waals surface area (Å²) < 4.78 is 18.0. The molecule has 0 radical (unpaired) electrons. The second kappa shape index (κ2) is 5.75. The number of hydrogen-bond acceptors (Lipinski definition) is 2. The standard InChI is InChI=1S/C13H17FO2/c1-9(2)13(16-3)12(15)8-10-5-4-6-11(14)7-10/h4-7,9,13H,8H2,1-3H3. The van der Waals surface area contributed by atoms with E-state index in [0.717, 1.165) is 0 Å². The first-order valence-corrected chi connectivity index (χ1v) is 5.34. The molecule has 0 saturated heterocycles. The van der Waals surface area contributed by atoms with Crippen LogP contribution < -0.4 is 0 Å². The van der Waals surface area contributed by atoms with Gasteiger partial charge in [0.15, 0.2) is 5.78 Å². The van der Waals surface area contributed by atoms with Crippen molar-refractivity contribution in [3.8, 4) is 0 Å². The Labute approximate surface area is 95.4 Å². The number of benzene rings is 1. The van der Waals surface area contributed by atoms with Crippen LogP contribution in [0.3, 0.4) is 0 Å². The zero-order valence-electron chi connectivity index (χ0n) is 9.87. The molecule has 0 fully saturated rings. The van der Waals surface area contributed by atoms with Crippen LogP contribution in [0.5, 0.6) is 0 Å². The van der Waals surface area contributed by atoms with Crippen molar-refractivity contribution in [2.75, 3.05) is 7.11 Å². The van der Waals surface area contributed by atoms with E-state index in [2.05, 4.69) is 0 Å². The van der Waals surface area contributed by atoms with Crippen LogP contribution >= 0.6 is 0 Å². The first-order chi connectivity index (χ1) is 7.54. The largest absolute Gasteiger partial charge is 0.373 e. The Balaban J connectivity index is 2.70. The number of Topliss-reactive ketones (excluding diaryl/α,β-unsaturated/α-hetero) is 1. The van der Waals surface area contributed by atoms with Crippen molar-refractivity contribution in [1.82, 2.24) is 0 Å². The third kappa shape index (κ3) is 3.42. The van der Waals surface area contributed by atoms with Crippen LogP contribution in [0.4, 0.5) is 4.39 Å². The fraction of sp³-hybridized carbons (Fsp3) is 0.462. The molecule has 0 spiro atoms. The second-order valence-electron chi connectivity index (χ2n) is 4.17. The maximum Gasteiger partial charge on any atom is 0.166 e. The molecule has 0 bridgehead atoms. The summed E-state index contributed by atoms with van der Waals surface area (Å²) in [5.41, 5.74) is 0.688. The van der Waals surface area contributed by atoms with Gasteiger partial charge >= 0.3 is 0 Å². The number of hydrogen-bond donors (Lipinski definition) is 0. The van der Waals surface area contributed by atoms with E-state index < -0.39 is 6.10 Å². The Bertz CT molecular complexity index is 361. The highest BCUT2D eigenvalue weighted by Gasteiger charge is 2.21. The molecule has 88 valence electrons. The van der Waals surface area contributed by atoms with Crippen molar-refractivity contribution in [1.29, 1.82) is 0 Å². The monoisotopic (exact) mass is 224 g/mol. The van der Waals surface area contributed by atoms with E-state index >= 15 is 0 Å². The van der Waals surface area contributed by atoms with Gasteiger partial charge in [-0.05, 0) is 23.6 Å². The number of rotatable bonds is 5. The van der Waals surface area contributed by atoms with E-state index in [9.17, 15) is 9.18 Å². The minimum atomic E-state index is -0.414. The van der Waals surface area contributed by atoms with Crippen molar-refractivity contribution in [3.05, 3.63) is 35.6 Å². The van der Waals surface area contributed by atoms with E-state index in [4.69, 9.17) is 4.74 Å². The Hall–Kier alpha value is -1.22. The van der Waals surface area contributed by atoms with Crippen LogP contribution in [0.1, 0.15) is 19.4 Å². The molecule has 0 aliphatic rings. The number of carbonyl (C=O) groups excluding carboxylic acids is 1.